The van der Waals surface area contributed by atoms with Gasteiger partial charge < -0.3 is 4.74 Å². The van der Waals surface area contributed by atoms with E-state index >= 15 is 0 Å². The summed E-state index contributed by atoms with van der Waals surface area (Å²) in [5, 5.41) is 9.78. The third-order valence-electron chi connectivity index (χ3n) is 3.65. The molecule has 120 valence electrons. The number of carbonyl (C=O) groups excluding carboxylic acids is 1. The maximum absolute atomic E-state index is 11.9. The lowest BCUT2D eigenvalue weighted by atomic mass is 10.1. The van der Waals surface area contributed by atoms with Crippen molar-refractivity contribution in [3.63, 3.8) is 0 Å². The number of nitro benzene ring substituents is 1. The number of hydrogen-bond acceptors (Lipinski definition) is 6. The lowest BCUT2D eigenvalue weighted by Crippen LogP contribution is -2.37. The molecule has 0 amide bonds. The van der Waals surface area contributed by atoms with Crippen LogP contribution in [-0.4, -0.2) is 36.9 Å². The molecular formula is C14H17NO6S. The molecule has 0 spiro atoms. The van der Waals surface area contributed by atoms with Gasteiger partial charge in [-0.3, -0.25) is 14.9 Å². The summed E-state index contributed by atoms with van der Waals surface area (Å²) in [4.78, 5) is 22.3. The molecule has 8 heteroatoms. The van der Waals surface area contributed by atoms with E-state index in [4.69, 9.17) is 4.74 Å². The van der Waals surface area contributed by atoms with Crippen molar-refractivity contribution in [3.8, 4) is 0 Å². The standard InChI is InChI=1S/C14H17NO6S/c16-14(13-7-3-4-10-22(13,19)20)21-9-8-11-5-1-2-6-12(11)15(17)18/h1-2,5-6,13H,3-4,7-10H2/t13-/m0/s1. The highest BCUT2D eigenvalue weighted by molar-refractivity contribution is 7.92. The van der Waals surface area contributed by atoms with Gasteiger partial charge in [-0.1, -0.05) is 24.6 Å². The van der Waals surface area contributed by atoms with E-state index in [2.05, 4.69) is 0 Å². The first-order valence-electron chi connectivity index (χ1n) is 7.02. The van der Waals surface area contributed by atoms with Crippen LogP contribution in [0.2, 0.25) is 0 Å². The van der Waals surface area contributed by atoms with Crippen LogP contribution in [0, 0.1) is 10.1 Å². The summed E-state index contributed by atoms with van der Waals surface area (Å²) in [6.45, 7) is -0.0737. The quantitative estimate of drug-likeness (QED) is 0.463. The molecule has 0 aromatic heterocycles. The van der Waals surface area contributed by atoms with Crippen LogP contribution in [0.3, 0.4) is 0 Å². The van der Waals surface area contributed by atoms with Gasteiger partial charge in [0, 0.05) is 18.1 Å². The van der Waals surface area contributed by atoms with Crippen molar-refractivity contribution in [1.82, 2.24) is 0 Å². The van der Waals surface area contributed by atoms with Gasteiger partial charge in [0.15, 0.2) is 15.1 Å². The molecule has 1 aromatic rings. The lowest BCUT2D eigenvalue weighted by molar-refractivity contribution is -0.385. The summed E-state index contributed by atoms with van der Waals surface area (Å²) in [5.41, 5.74) is 0.413. The molecule has 1 heterocycles. The molecule has 0 saturated carbocycles. The third kappa shape index (κ3) is 3.82. The monoisotopic (exact) mass is 327 g/mol. The molecule has 1 atom stereocenters. The van der Waals surface area contributed by atoms with Gasteiger partial charge in [0.25, 0.3) is 5.69 Å². The number of benzene rings is 1. The van der Waals surface area contributed by atoms with Crippen LogP contribution >= 0.6 is 0 Å². The summed E-state index contributed by atoms with van der Waals surface area (Å²) in [6, 6.07) is 6.18. The first-order chi connectivity index (χ1) is 10.4. The average Bonchev–Trinajstić information content (AvgIpc) is 2.47. The average molecular weight is 327 g/mol. The number of sulfone groups is 1. The van der Waals surface area contributed by atoms with E-state index in [1.165, 1.54) is 6.07 Å². The minimum atomic E-state index is -3.42. The van der Waals surface area contributed by atoms with Crippen LogP contribution in [0.4, 0.5) is 5.69 Å². The van der Waals surface area contributed by atoms with Crippen molar-refractivity contribution in [1.29, 1.82) is 0 Å². The second-order valence-electron chi connectivity index (χ2n) is 5.15. The van der Waals surface area contributed by atoms with Crippen LogP contribution in [0.1, 0.15) is 24.8 Å². The molecule has 1 aliphatic rings. The zero-order valence-electron chi connectivity index (χ0n) is 11.9. The Morgan fingerprint density at radius 2 is 2.05 bits per heavy atom. The first kappa shape index (κ1) is 16.4. The molecule has 1 aliphatic heterocycles. The van der Waals surface area contributed by atoms with Crippen LogP contribution in [0.25, 0.3) is 0 Å². The molecule has 0 bridgehead atoms. The molecule has 22 heavy (non-hydrogen) atoms. The Hall–Kier alpha value is -1.96. The smallest absolute Gasteiger partial charge is 0.324 e. The van der Waals surface area contributed by atoms with Crippen molar-refractivity contribution < 1.29 is 22.9 Å². The normalized spacial score (nSPS) is 20.3. The van der Waals surface area contributed by atoms with Crippen molar-refractivity contribution >= 4 is 21.5 Å². The Kier molecular flexibility index (Phi) is 5.12. The zero-order chi connectivity index (χ0) is 16.2. The van der Waals surface area contributed by atoms with Gasteiger partial charge in [0.2, 0.25) is 0 Å². The van der Waals surface area contributed by atoms with Crippen molar-refractivity contribution in [2.45, 2.75) is 30.9 Å². The van der Waals surface area contributed by atoms with E-state index in [0.717, 1.165) is 0 Å². The van der Waals surface area contributed by atoms with Crippen LogP contribution in [-0.2, 0) is 25.8 Å². The number of carbonyl (C=O) groups is 1. The summed E-state index contributed by atoms with van der Waals surface area (Å²) in [7, 11) is -3.42. The second-order valence-corrected chi connectivity index (χ2v) is 7.46. The summed E-state index contributed by atoms with van der Waals surface area (Å²) < 4.78 is 28.6. The van der Waals surface area contributed by atoms with E-state index in [9.17, 15) is 23.3 Å². The molecule has 2 rings (SSSR count). The fourth-order valence-electron chi connectivity index (χ4n) is 2.47. The van der Waals surface area contributed by atoms with Gasteiger partial charge in [-0.25, -0.2) is 8.42 Å². The minimum absolute atomic E-state index is 0.0108. The molecule has 1 fully saturated rings. The molecule has 0 radical (unpaired) electrons. The number of nitrogens with zero attached hydrogens (tertiary/aromatic N) is 1. The Morgan fingerprint density at radius 3 is 2.73 bits per heavy atom. The number of rotatable bonds is 5. The van der Waals surface area contributed by atoms with E-state index in [0.29, 0.717) is 18.4 Å². The van der Waals surface area contributed by atoms with Crippen LogP contribution in [0.15, 0.2) is 24.3 Å². The van der Waals surface area contributed by atoms with Gasteiger partial charge in [0.05, 0.1) is 17.3 Å². The lowest BCUT2D eigenvalue weighted by Gasteiger charge is -2.20. The molecular weight excluding hydrogens is 310 g/mol. The van der Waals surface area contributed by atoms with Gasteiger partial charge in [-0.05, 0) is 12.8 Å². The SMILES string of the molecule is O=C(OCCc1ccccc1[N+](=O)[O-])[C@@H]1CCCCS1(=O)=O. The van der Waals surface area contributed by atoms with Crippen LogP contribution < -0.4 is 0 Å². The Labute approximate surface area is 128 Å². The van der Waals surface area contributed by atoms with Crippen molar-refractivity contribution in [2.24, 2.45) is 0 Å². The second kappa shape index (κ2) is 6.87. The van der Waals surface area contributed by atoms with Gasteiger partial charge in [-0.2, -0.15) is 0 Å². The van der Waals surface area contributed by atoms with Crippen LogP contribution in [0.5, 0.6) is 0 Å². The Morgan fingerprint density at radius 1 is 1.32 bits per heavy atom. The largest absolute Gasteiger partial charge is 0.464 e. The van der Waals surface area contributed by atoms with Gasteiger partial charge in [-0.15, -0.1) is 0 Å². The molecule has 0 unspecified atom stereocenters. The van der Waals surface area contributed by atoms with Gasteiger partial charge >= 0.3 is 5.97 Å². The number of para-hydroxylation sites is 1. The van der Waals surface area contributed by atoms with E-state index in [1.54, 1.807) is 18.2 Å². The Bertz CT molecular complexity index is 670. The minimum Gasteiger partial charge on any atom is -0.464 e. The summed E-state index contributed by atoms with van der Waals surface area (Å²) in [6.07, 6.45) is 1.72. The topological polar surface area (TPSA) is 104 Å². The highest BCUT2D eigenvalue weighted by atomic mass is 32.2. The fraction of sp³-hybridized carbons (Fsp3) is 0.500. The van der Waals surface area contributed by atoms with Crippen molar-refractivity contribution in [3.05, 3.63) is 39.9 Å². The number of esters is 1. The number of nitro groups is 1. The Balaban J connectivity index is 1.94. The zero-order valence-corrected chi connectivity index (χ0v) is 12.8. The maximum atomic E-state index is 11.9. The van der Waals surface area contributed by atoms with Crippen molar-refractivity contribution in [2.75, 3.05) is 12.4 Å². The fourth-order valence-corrected chi connectivity index (χ4v) is 4.25. The number of hydrogen-bond donors (Lipinski definition) is 0. The molecule has 7 nitrogen and oxygen atoms in total. The van der Waals surface area contributed by atoms with E-state index < -0.39 is 26.0 Å². The molecule has 1 saturated heterocycles. The van der Waals surface area contributed by atoms with E-state index in [1.807, 2.05) is 0 Å². The summed E-state index contributed by atoms with van der Waals surface area (Å²) >= 11 is 0. The highest BCUT2D eigenvalue weighted by Crippen LogP contribution is 2.21. The van der Waals surface area contributed by atoms with E-state index in [-0.39, 0.29) is 30.9 Å². The predicted molar refractivity (Wildman–Crippen MR) is 79.2 cm³/mol. The molecule has 1 aromatic carbocycles. The van der Waals surface area contributed by atoms with Gasteiger partial charge in [0.1, 0.15) is 0 Å². The summed E-state index contributed by atoms with van der Waals surface area (Å²) in [5.74, 6) is -0.741. The third-order valence-corrected chi connectivity index (χ3v) is 5.80. The highest BCUT2D eigenvalue weighted by Gasteiger charge is 2.36. The maximum Gasteiger partial charge on any atom is 0.324 e. The predicted octanol–water partition coefficient (Wildman–Crippen LogP) is 1.65. The number of ether oxygens (including phenoxy) is 1. The molecule has 0 N–H and O–H groups in total. The first-order valence-corrected chi connectivity index (χ1v) is 8.74. The molecule has 0 aliphatic carbocycles.